The van der Waals surface area contributed by atoms with Crippen LogP contribution in [0.5, 0.6) is 23.1 Å². The highest BCUT2D eigenvalue weighted by Crippen LogP contribution is 2.47. The second-order valence-corrected chi connectivity index (χ2v) is 8.74. The highest BCUT2D eigenvalue weighted by Gasteiger charge is 2.32. The number of piperazine rings is 1. The molecule has 1 aliphatic heterocycles. The maximum atomic E-state index is 13.6. The first-order valence-corrected chi connectivity index (χ1v) is 12.3. The van der Waals surface area contributed by atoms with E-state index in [2.05, 4.69) is 16.8 Å². The molecule has 4 rings (SSSR count). The van der Waals surface area contributed by atoms with Gasteiger partial charge in [-0.1, -0.05) is 37.6 Å². The predicted molar refractivity (Wildman–Crippen MR) is 139 cm³/mol. The zero-order valence-corrected chi connectivity index (χ0v) is 21.0. The van der Waals surface area contributed by atoms with Crippen LogP contribution in [-0.4, -0.2) is 66.4 Å². The lowest BCUT2D eigenvalue weighted by molar-refractivity contribution is 0.0739. The first-order valence-electron chi connectivity index (χ1n) is 12.3. The van der Waals surface area contributed by atoms with Crippen molar-refractivity contribution in [2.45, 2.75) is 26.2 Å². The Morgan fingerprint density at radius 1 is 0.917 bits per heavy atom. The second-order valence-electron chi connectivity index (χ2n) is 8.74. The summed E-state index contributed by atoms with van der Waals surface area (Å²) in [6.07, 6.45) is 2.21. The fraction of sp³-hybridized carbons (Fsp3) is 0.357. The van der Waals surface area contributed by atoms with Crippen LogP contribution in [0.2, 0.25) is 0 Å². The number of amides is 1. The summed E-state index contributed by atoms with van der Waals surface area (Å²) in [6, 6.07) is 15.3. The van der Waals surface area contributed by atoms with Crippen LogP contribution in [0.15, 0.2) is 48.5 Å². The molecule has 8 heteroatoms. The Hall–Kier alpha value is -3.94. The lowest BCUT2D eigenvalue weighted by atomic mass is 9.95. The minimum absolute atomic E-state index is 0.202. The summed E-state index contributed by atoms with van der Waals surface area (Å²) in [7, 11) is 3.07. The number of benzene rings is 2. The Morgan fingerprint density at radius 3 is 2.14 bits per heavy atom. The molecule has 0 unspecified atom stereocenters. The van der Waals surface area contributed by atoms with E-state index in [1.54, 1.807) is 23.1 Å². The van der Waals surface area contributed by atoms with Crippen molar-refractivity contribution < 1.29 is 24.5 Å². The van der Waals surface area contributed by atoms with E-state index in [0.717, 1.165) is 18.5 Å². The summed E-state index contributed by atoms with van der Waals surface area (Å²) in [5.74, 6) is -0.282. The largest absolute Gasteiger partial charge is 0.506 e. The summed E-state index contributed by atoms with van der Waals surface area (Å²) < 4.78 is 11.2. The summed E-state index contributed by atoms with van der Waals surface area (Å²) in [4.78, 5) is 21.8. The van der Waals surface area contributed by atoms with Crippen LogP contribution >= 0.6 is 0 Å². The third kappa shape index (κ3) is 4.89. The van der Waals surface area contributed by atoms with E-state index in [1.165, 1.54) is 14.2 Å². The van der Waals surface area contributed by atoms with Crippen molar-refractivity contribution >= 4 is 11.6 Å². The monoisotopic (exact) mass is 491 g/mol. The Morgan fingerprint density at radius 2 is 1.56 bits per heavy atom. The van der Waals surface area contributed by atoms with Gasteiger partial charge in [-0.15, -0.1) is 0 Å². The molecule has 190 valence electrons. The number of methoxy groups -OCH3 is 2. The van der Waals surface area contributed by atoms with Gasteiger partial charge in [0.2, 0.25) is 5.88 Å². The summed E-state index contributed by atoms with van der Waals surface area (Å²) in [6.45, 7) is 4.25. The Labute approximate surface area is 211 Å². The molecule has 1 amide bonds. The molecule has 2 aromatic carbocycles. The Kier molecular flexibility index (Phi) is 7.83. The molecule has 0 saturated carbocycles. The number of hydrogen-bond donors (Lipinski definition) is 2. The van der Waals surface area contributed by atoms with Crippen LogP contribution < -0.4 is 14.4 Å². The van der Waals surface area contributed by atoms with E-state index in [0.29, 0.717) is 60.9 Å². The maximum absolute atomic E-state index is 13.6. The topological polar surface area (TPSA) is 95.4 Å². The van der Waals surface area contributed by atoms with Crippen LogP contribution in [0.4, 0.5) is 5.69 Å². The summed E-state index contributed by atoms with van der Waals surface area (Å²) >= 11 is 0. The van der Waals surface area contributed by atoms with Gasteiger partial charge in [0.1, 0.15) is 22.8 Å². The summed E-state index contributed by atoms with van der Waals surface area (Å²) in [5, 5.41) is 22.3. The number of aromatic nitrogens is 1. The van der Waals surface area contributed by atoms with Crippen molar-refractivity contribution in [2.24, 2.45) is 0 Å². The SMILES string of the molecule is CCCCc1nc(O)c(C(=O)N2CCN(c3ccccc3)CC2)c(O)c1-c1c(OC)cccc1OC. The van der Waals surface area contributed by atoms with Gasteiger partial charge in [-0.05, 0) is 37.1 Å². The first kappa shape index (κ1) is 25.2. The van der Waals surface area contributed by atoms with E-state index in [9.17, 15) is 15.0 Å². The van der Waals surface area contributed by atoms with E-state index >= 15 is 0 Å². The van der Waals surface area contributed by atoms with E-state index < -0.39 is 11.8 Å². The molecule has 8 nitrogen and oxygen atoms in total. The van der Waals surface area contributed by atoms with Crippen LogP contribution in [0, 0.1) is 0 Å². The number of hydrogen-bond acceptors (Lipinski definition) is 7. The molecular formula is C28H33N3O5. The third-order valence-corrected chi connectivity index (χ3v) is 6.57. The van der Waals surface area contributed by atoms with E-state index in [-0.39, 0.29) is 11.3 Å². The highest BCUT2D eigenvalue weighted by atomic mass is 16.5. The van der Waals surface area contributed by atoms with Crippen molar-refractivity contribution in [1.82, 2.24) is 9.88 Å². The van der Waals surface area contributed by atoms with Gasteiger partial charge < -0.3 is 29.5 Å². The minimum atomic E-state index is -0.466. The number of carbonyl (C=O) groups excluding carboxylic acids is 1. The molecule has 1 fully saturated rings. The van der Waals surface area contributed by atoms with Crippen molar-refractivity contribution in [3.05, 3.63) is 59.8 Å². The second kappa shape index (κ2) is 11.2. The molecule has 1 saturated heterocycles. The van der Waals surface area contributed by atoms with Crippen molar-refractivity contribution in [3.8, 4) is 34.3 Å². The molecule has 3 aromatic rings. The average molecular weight is 492 g/mol. The number of aryl methyl sites for hydroxylation is 1. The van der Waals surface area contributed by atoms with Gasteiger partial charge in [-0.2, -0.15) is 0 Å². The molecule has 36 heavy (non-hydrogen) atoms. The Bertz CT molecular complexity index is 1190. The number of aromatic hydroxyl groups is 2. The van der Waals surface area contributed by atoms with Gasteiger partial charge in [0.05, 0.1) is 31.0 Å². The summed E-state index contributed by atoms with van der Waals surface area (Å²) in [5.41, 5.74) is 2.23. The van der Waals surface area contributed by atoms with Gasteiger partial charge in [0.25, 0.3) is 5.91 Å². The van der Waals surface area contributed by atoms with Crippen molar-refractivity contribution in [3.63, 3.8) is 0 Å². The van der Waals surface area contributed by atoms with E-state index in [4.69, 9.17) is 9.47 Å². The lowest BCUT2D eigenvalue weighted by Gasteiger charge is -2.36. The number of pyridine rings is 1. The lowest BCUT2D eigenvalue weighted by Crippen LogP contribution is -2.48. The number of rotatable bonds is 8. The van der Waals surface area contributed by atoms with Crippen molar-refractivity contribution in [1.29, 1.82) is 0 Å². The molecular weight excluding hydrogens is 458 g/mol. The van der Waals surface area contributed by atoms with Gasteiger partial charge in [0.15, 0.2) is 0 Å². The smallest absolute Gasteiger partial charge is 0.263 e. The number of nitrogens with zero attached hydrogens (tertiary/aromatic N) is 3. The minimum Gasteiger partial charge on any atom is -0.506 e. The number of ether oxygens (including phenoxy) is 2. The fourth-order valence-electron chi connectivity index (χ4n) is 4.65. The number of unbranched alkanes of at least 4 members (excludes halogenated alkanes) is 1. The Balaban J connectivity index is 1.73. The average Bonchev–Trinajstić information content (AvgIpc) is 2.92. The molecule has 2 heterocycles. The standard InChI is InChI=1S/C28H33N3O5/c1-4-5-12-20-23(24-21(35-2)13-9-14-22(24)36-3)26(32)25(27(33)29-20)28(34)31-17-15-30(16-18-31)19-10-7-6-8-11-19/h6-11,13-14H,4-5,12,15-18H2,1-3H3,(H2,29,32,33). The number of para-hydroxylation sites is 1. The van der Waals surface area contributed by atoms with Gasteiger partial charge in [0, 0.05) is 31.9 Å². The quantitative estimate of drug-likeness (QED) is 0.480. The van der Waals surface area contributed by atoms with Crippen LogP contribution in [0.3, 0.4) is 0 Å². The van der Waals surface area contributed by atoms with Crippen LogP contribution in [0.1, 0.15) is 35.8 Å². The normalized spacial score (nSPS) is 13.5. The fourth-order valence-corrected chi connectivity index (χ4v) is 4.65. The van der Waals surface area contributed by atoms with Gasteiger partial charge >= 0.3 is 0 Å². The molecule has 1 aliphatic rings. The number of carbonyl (C=O) groups is 1. The van der Waals surface area contributed by atoms with E-state index in [1.807, 2.05) is 30.3 Å². The molecule has 0 aliphatic carbocycles. The zero-order chi connectivity index (χ0) is 25.7. The molecule has 0 atom stereocenters. The third-order valence-electron chi connectivity index (χ3n) is 6.57. The first-order chi connectivity index (χ1) is 17.5. The highest BCUT2D eigenvalue weighted by molar-refractivity contribution is 6.02. The maximum Gasteiger partial charge on any atom is 0.263 e. The van der Waals surface area contributed by atoms with Crippen LogP contribution in [-0.2, 0) is 6.42 Å². The van der Waals surface area contributed by atoms with Gasteiger partial charge in [-0.25, -0.2) is 4.98 Å². The molecule has 1 aromatic heterocycles. The molecule has 2 N–H and O–H groups in total. The molecule has 0 radical (unpaired) electrons. The van der Waals surface area contributed by atoms with Crippen LogP contribution in [0.25, 0.3) is 11.1 Å². The number of anilines is 1. The predicted octanol–water partition coefficient (Wildman–Crippen LogP) is 4.48. The molecule has 0 bridgehead atoms. The van der Waals surface area contributed by atoms with Gasteiger partial charge in [-0.3, -0.25) is 4.79 Å². The van der Waals surface area contributed by atoms with Crippen molar-refractivity contribution in [2.75, 3.05) is 45.3 Å². The molecule has 0 spiro atoms. The zero-order valence-electron chi connectivity index (χ0n) is 21.0.